The molecular weight excluding hydrogens is 593 g/mol. The minimum atomic E-state index is -0.928. The molecule has 0 heterocycles. The molecule has 0 aromatic heterocycles. The van der Waals surface area contributed by atoms with Crippen molar-refractivity contribution in [3.63, 3.8) is 0 Å². The Morgan fingerprint density at radius 2 is 1.73 bits per heavy atom. The summed E-state index contributed by atoms with van der Waals surface area (Å²) in [4.78, 5) is 25.1. The van der Waals surface area contributed by atoms with Crippen molar-refractivity contribution in [1.29, 1.82) is 0 Å². The number of hydrogen-bond donors (Lipinski definition) is 1. The Morgan fingerprint density at radius 1 is 0.977 bits per heavy atom. The number of unbranched alkanes of at least 4 members (excludes halogenated alkanes) is 1. The minimum Gasteiger partial charge on any atom is -0.493 e. The summed E-state index contributed by atoms with van der Waals surface area (Å²) in [6, 6.07) is 19.2. The SMILES string of the molecule is CCC[C@@H](CCC/C=C/C(=O)N(C)C)COc1ccc(C2=C(c3ccc(Cl)cc3Cl)CCCc3cc(C(=O)O)ccc32)cc1. The van der Waals surface area contributed by atoms with Crippen LogP contribution in [0.4, 0.5) is 0 Å². The Morgan fingerprint density at radius 3 is 2.41 bits per heavy atom. The first-order chi connectivity index (χ1) is 21.2. The lowest BCUT2D eigenvalue weighted by molar-refractivity contribution is -0.123. The third-order valence-electron chi connectivity index (χ3n) is 8.06. The van der Waals surface area contributed by atoms with E-state index in [1.807, 2.05) is 36.4 Å². The number of nitrogens with zero attached hydrogens (tertiary/aromatic N) is 1. The quantitative estimate of drug-likeness (QED) is 0.150. The van der Waals surface area contributed by atoms with Gasteiger partial charge in [-0.15, -0.1) is 0 Å². The van der Waals surface area contributed by atoms with Crippen LogP contribution in [0, 0.1) is 5.92 Å². The van der Waals surface area contributed by atoms with Crippen LogP contribution in [-0.2, 0) is 11.2 Å². The molecule has 1 atom stereocenters. The van der Waals surface area contributed by atoms with E-state index >= 15 is 0 Å². The van der Waals surface area contributed by atoms with E-state index in [-0.39, 0.29) is 5.91 Å². The first kappa shape index (κ1) is 33.4. The van der Waals surface area contributed by atoms with Gasteiger partial charge in [0.2, 0.25) is 5.91 Å². The molecule has 5 nitrogen and oxygen atoms in total. The molecule has 0 saturated carbocycles. The van der Waals surface area contributed by atoms with Gasteiger partial charge in [0.05, 0.1) is 12.2 Å². The Kier molecular flexibility index (Phi) is 12.1. The third-order valence-corrected chi connectivity index (χ3v) is 8.61. The van der Waals surface area contributed by atoms with Crippen LogP contribution < -0.4 is 4.74 Å². The monoisotopic (exact) mass is 633 g/mol. The number of carboxylic acids is 1. The van der Waals surface area contributed by atoms with Crippen molar-refractivity contribution in [3.05, 3.63) is 111 Å². The van der Waals surface area contributed by atoms with Crippen molar-refractivity contribution in [2.24, 2.45) is 5.92 Å². The Hall–Kier alpha value is -3.54. The normalized spacial score (nSPS) is 13.8. The predicted octanol–water partition coefficient (Wildman–Crippen LogP) is 9.60. The molecule has 1 aliphatic carbocycles. The molecule has 0 spiro atoms. The maximum absolute atomic E-state index is 11.7. The highest BCUT2D eigenvalue weighted by Crippen LogP contribution is 2.42. The van der Waals surface area contributed by atoms with Gasteiger partial charge in [0.15, 0.2) is 0 Å². The van der Waals surface area contributed by atoms with Gasteiger partial charge in [0, 0.05) is 24.1 Å². The molecule has 0 unspecified atom stereocenters. The molecule has 7 heteroatoms. The fraction of sp³-hybridized carbons (Fsp3) is 0.351. The fourth-order valence-corrected chi connectivity index (χ4v) is 6.29. The van der Waals surface area contributed by atoms with E-state index < -0.39 is 5.97 Å². The van der Waals surface area contributed by atoms with Gasteiger partial charge in [0.25, 0.3) is 0 Å². The van der Waals surface area contributed by atoms with Crippen LogP contribution in [0.1, 0.15) is 84.5 Å². The number of fused-ring (bicyclic) bond motifs is 1. The number of carbonyl (C=O) groups excluding carboxylic acids is 1. The van der Waals surface area contributed by atoms with E-state index in [9.17, 15) is 14.7 Å². The highest BCUT2D eigenvalue weighted by atomic mass is 35.5. The van der Waals surface area contributed by atoms with Gasteiger partial charge in [-0.2, -0.15) is 0 Å². The van der Waals surface area contributed by atoms with E-state index in [4.69, 9.17) is 27.9 Å². The van der Waals surface area contributed by atoms with E-state index in [2.05, 4.69) is 19.1 Å². The van der Waals surface area contributed by atoms with Crippen molar-refractivity contribution in [2.45, 2.75) is 58.3 Å². The number of rotatable bonds is 13. The van der Waals surface area contributed by atoms with Crippen LogP contribution >= 0.6 is 23.2 Å². The van der Waals surface area contributed by atoms with E-state index in [0.29, 0.717) is 28.1 Å². The summed E-state index contributed by atoms with van der Waals surface area (Å²) in [5.74, 6) is 0.338. The molecule has 0 bridgehead atoms. The summed E-state index contributed by atoms with van der Waals surface area (Å²) in [6.07, 6.45) is 11.2. The van der Waals surface area contributed by atoms with Gasteiger partial charge in [-0.1, -0.05) is 66.9 Å². The number of hydrogen-bond acceptors (Lipinski definition) is 3. The third kappa shape index (κ3) is 8.77. The average molecular weight is 635 g/mol. The topological polar surface area (TPSA) is 66.8 Å². The molecule has 3 aromatic rings. The second-order valence-corrected chi connectivity index (χ2v) is 12.4. The molecule has 1 N–H and O–H groups in total. The standard InChI is InChI=1S/C37H41Cl2NO4/c1-4-9-25(10-6-5-7-13-35(41)40(2)3)24-44-30-18-14-26(15-19-30)36-31-20-16-28(37(42)43)22-27(31)11-8-12-33(36)32-21-17-29(38)23-34(32)39/h7,13-23,25H,4-6,8-12,24H2,1-3H3,(H,42,43)/b13-7+/t25-/m0/s1. The second-order valence-electron chi connectivity index (χ2n) is 11.6. The van der Waals surface area contributed by atoms with Gasteiger partial charge in [-0.05, 0) is 127 Å². The van der Waals surface area contributed by atoms with Crippen molar-refractivity contribution < 1.29 is 19.4 Å². The zero-order valence-electron chi connectivity index (χ0n) is 25.7. The number of amides is 1. The lowest BCUT2D eigenvalue weighted by atomic mass is 9.87. The van der Waals surface area contributed by atoms with Gasteiger partial charge in [-0.3, -0.25) is 4.79 Å². The van der Waals surface area contributed by atoms with Crippen LogP contribution in [0.3, 0.4) is 0 Å². The zero-order chi connectivity index (χ0) is 31.6. The maximum atomic E-state index is 11.7. The fourth-order valence-electron chi connectivity index (χ4n) is 5.76. The summed E-state index contributed by atoms with van der Waals surface area (Å²) in [5.41, 5.74) is 6.45. The summed E-state index contributed by atoms with van der Waals surface area (Å²) < 4.78 is 6.27. The lowest BCUT2D eigenvalue weighted by Crippen LogP contribution is -2.18. The summed E-state index contributed by atoms with van der Waals surface area (Å²) in [6.45, 7) is 2.84. The maximum Gasteiger partial charge on any atom is 0.335 e. The molecule has 232 valence electrons. The Labute approximate surface area is 271 Å². The number of halogens is 2. The molecule has 0 radical (unpaired) electrons. The average Bonchev–Trinajstić information content (AvgIpc) is 3.18. The summed E-state index contributed by atoms with van der Waals surface area (Å²) in [7, 11) is 3.51. The van der Waals surface area contributed by atoms with Gasteiger partial charge in [0.1, 0.15) is 5.75 Å². The molecular formula is C37H41Cl2NO4. The second kappa shape index (κ2) is 16.0. The van der Waals surface area contributed by atoms with Crippen molar-refractivity contribution in [1.82, 2.24) is 4.90 Å². The zero-order valence-corrected chi connectivity index (χ0v) is 27.3. The number of likely N-dealkylation sites (N-methyl/N-ethyl adjacent to an activating group) is 1. The predicted molar refractivity (Wildman–Crippen MR) is 181 cm³/mol. The minimum absolute atomic E-state index is 0.0124. The van der Waals surface area contributed by atoms with Crippen LogP contribution in [0.5, 0.6) is 5.75 Å². The molecule has 0 saturated heterocycles. The van der Waals surface area contributed by atoms with E-state index in [1.165, 1.54) is 0 Å². The Bertz CT molecular complexity index is 1520. The largest absolute Gasteiger partial charge is 0.493 e. The van der Waals surface area contributed by atoms with E-state index in [1.54, 1.807) is 43.3 Å². The van der Waals surface area contributed by atoms with Crippen LogP contribution in [0.25, 0.3) is 11.1 Å². The van der Waals surface area contributed by atoms with Gasteiger partial charge >= 0.3 is 5.97 Å². The lowest BCUT2D eigenvalue weighted by Gasteiger charge is -2.19. The first-order valence-corrected chi connectivity index (χ1v) is 16.1. The van der Waals surface area contributed by atoms with Crippen LogP contribution in [-0.4, -0.2) is 42.6 Å². The smallest absolute Gasteiger partial charge is 0.335 e. The summed E-state index contributed by atoms with van der Waals surface area (Å²) >= 11 is 13.0. The summed E-state index contributed by atoms with van der Waals surface area (Å²) in [5, 5.41) is 10.8. The molecule has 0 aliphatic heterocycles. The molecule has 1 aliphatic rings. The Balaban J connectivity index is 1.57. The number of ether oxygens (including phenoxy) is 1. The number of benzene rings is 3. The molecule has 44 heavy (non-hydrogen) atoms. The molecule has 1 amide bonds. The number of allylic oxidation sites excluding steroid dienone is 2. The number of carbonyl (C=O) groups is 2. The van der Waals surface area contributed by atoms with E-state index in [0.717, 1.165) is 90.5 Å². The molecule has 3 aromatic carbocycles. The number of aromatic carboxylic acids is 1. The first-order valence-electron chi connectivity index (χ1n) is 15.3. The highest BCUT2D eigenvalue weighted by Gasteiger charge is 2.23. The van der Waals surface area contributed by atoms with Crippen molar-refractivity contribution in [2.75, 3.05) is 20.7 Å². The highest BCUT2D eigenvalue weighted by molar-refractivity contribution is 6.36. The van der Waals surface area contributed by atoms with Crippen molar-refractivity contribution in [3.8, 4) is 5.75 Å². The molecule has 0 fully saturated rings. The number of aryl methyl sites for hydroxylation is 1. The van der Waals surface area contributed by atoms with Gasteiger partial charge < -0.3 is 14.7 Å². The molecule has 4 rings (SSSR count). The number of carboxylic acid groups (broad SMARTS) is 1. The van der Waals surface area contributed by atoms with Crippen LogP contribution in [0.2, 0.25) is 10.0 Å². The van der Waals surface area contributed by atoms with Crippen molar-refractivity contribution >= 4 is 46.2 Å². The van der Waals surface area contributed by atoms with Crippen LogP contribution in [0.15, 0.2) is 72.8 Å². The van der Waals surface area contributed by atoms with Gasteiger partial charge in [-0.25, -0.2) is 4.79 Å².